The third-order valence-electron chi connectivity index (χ3n) is 2.83. The van der Waals surface area contributed by atoms with Gasteiger partial charge in [0.1, 0.15) is 0 Å². The maximum Gasteiger partial charge on any atom is 0.374 e. The monoisotopic (exact) mass is 268 g/mol. The highest BCUT2D eigenvalue weighted by atomic mass is 16.5. The van der Waals surface area contributed by atoms with Crippen LogP contribution >= 0.6 is 0 Å². The Labute approximate surface area is 112 Å². The van der Waals surface area contributed by atoms with Crippen LogP contribution in [0.2, 0.25) is 0 Å². The molecule has 1 N–H and O–H groups in total. The van der Waals surface area contributed by atoms with E-state index >= 15 is 0 Å². The number of hydrogen-bond donors (Lipinski definition) is 1. The standard InChI is InChI=1S/C13H20N2O4/c1-4-5-6-7-15(9(2)3)12(16)10-8-11(13(17)18)19-14-10/h8-9H,4-7H2,1-3H3,(H,17,18). The van der Waals surface area contributed by atoms with Crippen molar-refractivity contribution in [3.63, 3.8) is 0 Å². The first-order chi connectivity index (χ1) is 8.97. The van der Waals surface area contributed by atoms with Crippen LogP contribution in [0, 0.1) is 0 Å². The van der Waals surface area contributed by atoms with Crippen molar-refractivity contribution in [3.05, 3.63) is 17.5 Å². The number of unbranched alkanes of at least 4 members (excludes halogenated alkanes) is 2. The van der Waals surface area contributed by atoms with Gasteiger partial charge in [0.05, 0.1) is 0 Å². The molecule has 0 saturated heterocycles. The number of carboxylic acid groups (broad SMARTS) is 1. The lowest BCUT2D eigenvalue weighted by Gasteiger charge is -2.25. The summed E-state index contributed by atoms with van der Waals surface area (Å²) in [6, 6.07) is 1.20. The molecule has 1 rings (SSSR count). The Bertz CT molecular complexity index is 440. The fourth-order valence-electron chi connectivity index (χ4n) is 1.75. The number of amides is 1. The second kappa shape index (κ2) is 6.92. The second-order valence-corrected chi connectivity index (χ2v) is 4.68. The third-order valence-corrected chi connectivity index (χ3v) is 2.83. The summed E-state index contributed by atoms with van der Waals surface area (Å²) in [5.41, 5.74) is 0.0441. The summed E-state index contributed by atoms with van der Waals surface area (Å²) in [5.74, 6) is -1.84. The molecule has 1 aromatic heterocycles. The zero-order valence-corrected chi connectivity index (χ0v) is 11.5. The summed E-state index contributed by atoms with van der Waals surface area (Å²) in [5, 5.41) is 12.3. The molecule has 19 heavy (non-hydrogen) atoms. The number of aromatic carboxylic acids is 1. The van der Waals surface area contributed by atoms with E-state index in [0.717, 1.165) is 19.3 Å². The van der Waals surface area contributed by atoms with E-state index in [2.05, 4.69) is 16.6 Å². The highest BCUT2D eigenvalue weighted by molar-refractivity contribution is 5.95. The Hall–Kier alpha value is -1.85. The van der Waals surface area contributed by atoms with Crippen molar-refractivity contribution in [3.8, 4) is 0 Å². The van der Waals surface area contributed by atoms with Crippen LogP contribution in [0.1, 0.15) is 61.1 Å². The van der Waals surface area contributed by atoms with Crippen molar-refractivity contribution < 1.29 is 19.2 Å². The minimum Gasteiger partial charge on any atom is -0.475 e. The van der Waals surface area contributed by atoms with Crippen LogP contribution in [0.15, 0.2) is 10.6 Å². The summed E-state index contributed by atoms with van der Waals surface area (Å²) in [6.45, 7) is 6.57. The normalized spacial score (nSPS) is 10.7. The van der Waals surface area contributed by atoms with Gasteiger partial charge in [-0.1, -0.05) is 24.9 Å². The predicted molar refractivity (Wildman–Crippen MR) is 69.2 cm³/mol. The van der Waals surface area contributed by atoms with Gasteiger partial charge in [0, 0.05) is 18.7 Å². The first kappa shape index (κ1) is 15.2. The number of nitrogens with zero attached hydrogens (tertiary/aromatic N) is 2. The Kier molecular flexibility index (Phi) is 5.54. The molecule has 0 spiro atoms. The molecule has 0 unspecified atom stereocenters. The molecule has 0 radical (unpaired) electrons. The lowest BCUT2D eigenvalue weighted by molar-refractivity contribution is 0.0644. The summed E-state index contributed by atoms with van der Waals surface area (Å²) in [7, 11) is 0. The molecular weight excluding hydrogens is 248 g/mol. The van der Waals surface area contributed by atoms with Crippen LogP contribution in [0.4, 0.5) is 0 Å². The van der Waals surface area contributed by atoms with Crippen LogP contribution < -0.4 is 0 Å². The fraction of sp³-hybridized carbons (Fsp3) is 0.615. The molecule has 6 nitrogen and oxygen atoms in total. The molecule has 1 aromatic rings. The summed E-state index contributed by atoms with van der Waals surface area (Å²) in [4.78, 5) is 24.6. The minimum absolute atomic E-state index is 0.0364. The number of rotatable bonds is 7. The van der Waals surface area contributed by atoms with Gasteiger partial charge in [-0.25, -0.2) is 4.79 Å². The second-order valence-electron chi connectivity index (χ2n) is 4.68. The van der Waals surface area contributed by atoms with Crippen molar-refractivity contribution in [1.82, 2.24) is 10.1 Å². The minimum atomic E-state index is -1.23. The molecular formula is C13H20N2O4. The molecule has 0 fully saturated rings. The number of carbonyl (C=O) groups excluding carboxylic acids is 1. The predicted octanol–water partition coefficient (Wildman–Crippen LogP) is 2.41. The summed E-state index contributed by atoms with van der Waals surface area (Å²) >= 11 is 0. The molecule has 106 valence electrons. The third kappa shape index (κ3) is 4.08. The molecule has 0 aliphatic heterocycles. The molecule has 0 atom stereocenters. The number of carbonyl (C=O) groups is 2. The maximum absolute atomic E-state index is 12.2. The molecule has 1 amide bonds. The highest BCUT2D eigenvalue weighted by Gasteiger charge is 2.23. The van der Waals surface area contributed by atoms with Crippen molar-refractivity contribution in [2.75, 3.05) is 6.54 Å². The van der Waals surface area contributed by atoms with Crippen LogP contribution in [-0.4, -0.2) is 39.6 Å². The van der Waals surface area contributed by atoms with Gasteiger partial charge in [-0.3, -0.25) is 4.79 Å². The molecule has 6 heteroatoms. The SMILES string of the molecule is CCCCCN(C(=O)c1cc(C(=O)O)on1)C(C)C. The van der Waals surface area contributed by atoms with E-state index in [1.807, 2.05) is 13.8 Å². The van der Waals surface area contributed by atoms with Crippen molar-refractivity contribution in [1.29, 1.82) is 0 Å². The van der Waals surface area contributed by atoms with Crippen LogP contribution in [-0.2, 0) is 0 Å². The van der Waals surface area contributed by atoms with E-state index in [1.165, 1.54) is 6.07 Å². The van der Waals surface area contributed by atoms with Gasteiger partial charge >= 0.3 is 5.97 Å². The quantitative estimate of drug-likeness (QED) is 0.768. The van der Waals surface area contributed by atoms with Gasteiger partial charge in [-0.2, -0.15) is 0 Å². The van der Waals surface area contributed by atoms with E-state index < -0.39 is 5.97 Å². The van der Waals surface area contributed by atoms with Gasteiger partial charge in [-0.05, 0) is 20.3 Å². The van der Waals surface area contributed by atoms with Gasteiger partial charge in [0.25, 0.3) is 5.91 Å². The average molecular weight is 268 g/mol. The van der Waals surface area contributed by atoms with E-state index in [4.69, 9.17) is 5.11 Å². The number of carboxylic acids is 1. The maximum atomic E-state index is 12.2. The highest BCUT2D eigenvalue weighted by Crippen LogP contribution is 2.11. The van der Waals surface area contributed by atoms with E-state index in [-0.39, 0.29) is 23.4 Å². The first-order valence-corrected chi connectivity index (χ1v) is 6.48. The zero-order chi connectivity index (χ0) is 14.4. The number of hydrogen-bond acceptors (Lipinski definition) is 4. The fourth-order valence-corrected chi connectivity index (χ4v) is 1.75. The molecule has 0 aliphatic carbocycles. The van der Waals surface area contributed by atoms with Crippen molar-refractivity contribution in [2.45, 2.75) is 46.1 Å². The van der Waals surface area contributed by atoms with Crippen LogP contribution in [0.5, 0.6) is 0 Å². The Morgan fingerprint density at radius 2 is 2.11 bits per heavy atom. The molecule has 1 heterocycles. The van der Waals surface area contributed by atoms with E-state index in [1.54, 1.807) is 4.90 Å². The van der Waals surface area contributed by atoms with E-state index in [0.29, 0.717) is 6.54 Å². The van der Waals surface area contributed by atoms with Crippen molar-refractivity contribution in [2.24, 2.45) is 0 Å². The topological polar surface area (TPSA) is 83.6 Å². The Morgan fingerprint density at radius 3 is 2.58 bits per heavy atom. The summed E-state index contributed by atoms with van der Waals surface area (Å²) in [6.07, 6.45) is 3.05. The number of aromatic nitrogens is 1. The zero-order valence-electron chi connectivity index (χ0n) is 11.5. The van der Waals surface area contributed by atoms with Gasteiger partial charge < -0.3 is 14.5 Å². The molecule has 0 aromatic carbocycles. The Morgan fingerprint density at radius 1 is 1.42 bits per heavy atom. The van der Waals surface area contributed by atoms with Gasteiger partial charge in [0.2, 0.25) is 5.76 Å². The largest absolute Gasteiger partial charge is 0.475 e. The van der Waals surface area contributed by atoms with Crippen LogP contribution in [0.25, 0.3) is 0 Å². The Balaban J connectivity index is 2.77. The lowest BCUT2D eigenvalue weighted by Crippen LogP contribution is -2.37. The molecule has 0 bridgehead atoms. The van der Waals surface area contributed by atoms with E-state index in [9.17, 15) is 9.59 Å². The molecule has 0 saturated carbocycles. The van der Waals surface area contributed by atoms with Gasteiger partial charge in [-0.15, -0.1) is 0 Å². The van der Waals surface area contributed by atoms with Crippen LogP contribution in [0.3, 0.4) is 0 Å². The average Bonchev–Trinajstić information content (AvgIpc) is 2.83. The first-order valence-electron chi connectivity index (χ1n) is 6.48. The lowest BCUT2D eigenvalue weighted by atomic mass is 10.2. The van der Waals surface area contributed by atoms with Gasteiger partial charge in [0.15, 0.2) is 5.69 Å². The van der Waals surface area contributed by atoms with Crippen molar-refractivity contribution >= 4 is 11.9 Å². The summed E-state index contributed by atoms with van der Waals surface area (Å²) < 4.78 is 4.61. The smallest absolute Gasteiger partial charge is 0.374 e. The molecule has 0 aliphatic rings.